The molecule has 2 aromatic rings. The van der Waals surface area contributed by atoms with Gasteiger partial charge < -0.3 is 20.6 Å². The second-order valence-corrected chi connectivity index (χ2v) is 8.79. The fraction of sp³-hybridized carbons (Fsp3) is 0.409. The number of carbonyl (C=O) groups excluding carboxylic acids is 1. The first-order valence-electron chi connectivity index (χ1n) is 10.3. The number of rotatable bonds is 4. The van der Waals surface area contributed by atoms with Gasteiger partial charge in [-0.3, -0.25) is 9.78 Å². The first-order chi connectivity index (χ1) is 14.8. The number of amides is 2. The average Bonchev–Trinajstić information content (AvgIpc) is 3.28. The molecule has 0 spiro atoms. The molecule has 2 unspecified atom stereocenters. The average molecular weight is 463 g/mol. The molecule has 1 aromatic heterocycles. The molecule has 2 amide bonds. The van der Waals surface area contributed by atoms with Crippen LogP contribution in [-0.2, 0) is 13.1 Å². The Labute approximate surface area is 190 Å². The number of fused-ring (bicyclic) bond motifs is 1. The van der Waals surface area contributed by atoms with Gasteiger partial charge in [-0.15, -0.1) is 0 Å². The maximum Gasteiger partial charge on any atom is 0.407 e. The molecular formula is C22H24Cl2N4O3. The highest BCUT2D eigenvalue weighted by Gasteiger charge is 2.45. The zero-order valence-electron chi connectivity index (χ0n) is 17.4. The zero-order chi connectivity index (χ0) is 22.4. The molecule has 164 valence electrons. The molecule has 9 heteroatoms. The van der Waals surface area contributed by atoms with Gasteiger partial charge in [-0.2, -0.15) is 0 Å². The van der Waals surface area contributed by atoms with Crippen LogP contribution in [0.1, 0.15) is 47.1 Å². The summed E-state index contributed by atoms with van der Waals surface area (Å²) in [6.45, 7) is 4.78. The smallest absolute Gasteiger partial charge is 0.407 e. The van der Waals surface area contributed by atoms with Gasteiger partial charge in [0.05, 0.1) is 29.9 Å². The quantitative estimate of drug-likeness (QED) is 0.704. The number of hydrogen-bond acceptors (Lipinski definition) is 4. The molecule has 31 heavy (non-hydrogen) atoms. The van der Waals surface area contributed by atoms with Crippen LogP contribution in [0.3, 0.4) is 0 Å². The second-order valence-electron chi connectivity index (χ2n) is 7.94. The molecule has 0 bridgehead atoms. The summed E-state index contributed by atoms with van der Waals surface area (Å²) in [5.41, 5.74) is 10.1. The highest BCUT2D eigenvalue weighted by atomic mass is 35.5. The van der Waals surface area contributed by atoms with E-state index in [9.17, 15) is 14.7 Å². The predicted molar refractivity (Wildman–Crippen MR) is 119 cm³/mol. The number of likely N-dealkylation sites (tertiary alicyclic amines) is 1. The van der Waals surface area contributed by atoms with E-state index >= 15 is 0 Å². The number of nitrogens with zero attached hydrogens (tertiary/aromatic N) is 3. The molecule has 0 aliphatic carbocycles. The van der Waals surface area contributed by atoms with E-state index in [4.69, 9.17) is 33.9 Å². The van der Waals surface area contributed by atoms with E-state index in [2.05, 4.69) is 0 Å². The largest absolute Gasteiger partial charge is 0.465 e. The monoisotopic (exact) mass is 462 g/mol. The highest BCUT2D eigenvalue weighted by Crippen LogP contribution is 2.41. The predicted octanol–water partition coefficient (Wildman–Crippen LogP) is 4.31. The van der Waals surface area contributed by atoms with Gasteiger partial charge in [-0.05, 0) is 37.5 Å². The van der Waals surface area contributed by atoms with Crippen LogP contribution in [0.5, 0.6) is 0 Å². The van der Waals surface area contributed by atoms with E-state index in [0.29, 0.717) is 58.4 Å². The van der Waals surface area contributed by atoms with Crippen molar-refractivity contribution >= 4 is 35.2 Å². The van der Waals surface area contributed by atoms with Crippen molar-refractivity contribution in [3.05, 3.63) is 50.8 Å². The normalized spacial score (nSPS) is 20.5. The molecule has 3 heterocycles. The Morgan fingerprint density at radius 3 is 2.68 bits per heavy atom. The first-order valence-corrected chi connectivity index (χ1v) is 11.0. The summed E-state index contributed by atoms with van der Waals surface area (Å²) < 4.78 is 0. The lowest BCUT2D eigenvalue weighted by molar-refractivity contribution is 0.0641. The molecule has 1 aromatic carbocycles. The van der Waals surface area contributed by atoms with Crippen molar-refractivity contribution < 1.29 is 14.7 Å². The van der Waals surface area contributed by atoms with E-state index in [1.54, 1.807) is 23.1 Å². The molecule has 0 radical (unpaired) electrons. The molecule has 2 atom stereocenters. The third kappa shape index (κ3) is 3.54. The third-order valence-corrected chi connectivity index (χ3v) is 6.90. The molecule has 3 N–H and O–H groups in total. The molecule has 0 saturated carbocycles. The van der Waals surface area contributed by atoms with Crippen LogP contribution in [0.25, 0.3) is 11.1 Å². The maximum absolute atomic E-state index is 13.7. The van der Waals surface area contributed by atoms with Crippen molar-refractivity contribution in [1.29, 1.82) is 0 Å². The number of aromatic nitrogens is 1. The standard InChI is InChI=1S/C22H24Cl2N4O3/c1-3-17-18(6-7-27(17)22(30)31)28-10-16-20(21(28)29)19(14(9-25)11(2)26-16)13-5-4-12(23)8-15(13)24/h4-5,8,17-18H,3,6-7,9-10,25H2,1-2H3,(H,30,31). The highest BCUT2D eigenvalue weighted by molar-refractivity contribution is 6.36. The number of halogens is 2. The SMILES string of the molecule is CCC1C(N2Cc3nc(C)c(CN)c(-c4ccc(Cl)cc4Cl)c3C2=O)CCN1C(=O)O. The van der Waals surface area contributed by atoms with E-state index in [1.807, 2.05) is 13.8 Å². The van der Waals surface area contributed by atoms with Gasteiger partial charge in [-0.25, -0.2) is 4.79 Å². The van der Waals surface area contributed by atoms with E-state index < -0.39 is 6.09 Å². The second kappa shape index (κ2) is 8.30. The van der Waals surface area contributed by atoms with Crippen LogP contribution < -0.4 is 5.73 Å². The van der Waals surface area contributed by atoms with Crippen molar-refractivity contribution in [2.24, 2.45) is 5.73 Å². The van der Waals surface area contributed by atoms with Gasteiger partial charge in [0.2, 0.25) is 0 Å². The molecule has 4 rings (SSSR count). The Morgan fingerprint density at radius 1 is 1.32 bits per heavy atom. The molecule has 1 saturated heterocycles. The van der Waals surface area contributed by atoms with Crippen LogP contribution >= 0.6 is 23.2 Å². The van der Waals surface area contributed by atoms with Crippen LogP contribution in [0.15, 0.2) is 18.2 Å². The number of carbonyl (C=O) groups is 2. The minimum Gasteiger partial charge on any atom is -0.465 e. The number of nitrogens with two attached hydrogens (primary N) is 1. The van der Waals surface area contributed by atoms with Crippen LogP contribution in [-0.4, -0.2) is 50.5 Å². The minimum absolute atomic E-state index is 0.158. The van der Waals surface area contributed by atoms with Gasteiger partial charge in [0.1, 0.15) is 0 Å². The van der Waals surface area contributed by atoms with Gasteiger partial charge in [0.25, 0.3) is 5.91 Å². The summed E-state index contributed by atoms with van der Waals surface area (Å²) in [6, 6.07) is 4.74. The van der Waals surface area contributed by atoms with Gasteiger partial charge in [0, 0.05) is 40.0 Å². The number of pyridine rings is 1. The van der Waals surface area contributed by atoms with E-state index in [-0.39, 0.29) is 24.5 Å². The fourth-order valence-electron chi connectivity index (χ4n) is 4.96. The molecular weight excluding hydrogens is 439 g/mol. The molecule has 7 nitrogen and oxygen atoms in total. The Bertz CT molecular complexity index is 1080. The lowest BCUT2D eigenvalue weighted by Crippen LogP contribution is -2.46. The summed E-state index contributed by atoms with van der Waals surface area (Å²) in [5, 5.41) is 10.5. The Balaban J connectivity index is 1.83. The Kier molecular flexibility index (Phi) is 5.85. The first kappa shape index (κ1) is 21.9. The van der Waals surface area contributed by atoms with Crippen molar-refractivity contribution in [2.75, 3.05) is 6.54 Å². The minimum atomic E-state index is -0.952. The van der Waals surface area contributed by atoms with Gasteiger partial charge >= 0.3 is 6.09 Å². The molecule has 2 aliphatic rings. The number of hydrogen-bond donors (Lipinski definition) is 2. The summed E-state index contributed by atoms with van der Waals surface area (Å²) in [5.74, 6) is -0.158. The number of aryl methyl sites for hydroxylation is 1. The summed E-state index contributed by atoms with van der Waals surface area (Å²) in [7, 11) is 0. The van der Waals surface area contributed by atoms with Crippen LogP contribution in [0, 0.1) is 6.92 Å². The van der Waals surface area contributed by atoms with Crippen molar-refractivity contribution in [3.8, 4) is 11.1 Å². The Morgan fingerprint density at radius 2 is 2.06 bits per heavy atom. The summed E-state index contributed by atoms with van der Waals surface area (Å²) in [4.78, 5) is 33.2. The summed E-state index contributed by atoms with van der Waals surface area (Å²) >= 11 is 12.6. The van der Waals surface area contributed by atoms with Gasteiger partial charge in [-0.1, -0.05) is 36.2 Å². The van der Waals surface area contributed by atoms with Crippen molar-refractivity contribution in [1.82, 2.24) is 14.8 Å². The lowest BCUT2D eigenvalue weighted by atomic mass is 9.93. The maximum atomic E-state index is 13.7. The lowest BCUT2D eigenvalue weighted by Gasteiger charge is -2.31. The number of carboxylic acid groups (broad SMARTS) is 1. The fourth-order valence-corrected chi connectivity index (χ4v) is 5.46. The van der Waals surface area contributed by atoms with Crippen molar-refractivity contribution in [3.63, 3.8) is 0 Å². The van der Waals surface area contributed by atoms with Gasteiger partial charge in [0.15, 0.2) is 0 Å². The van der Waals surface area contributed by atoms with Crippen LogP contribution in [0.4, 0.5) is 4.79 Å². The van der Waals surface area contributed by atoms with E-state index in [1.165, 1.54) is 4.90 Å². The van der Waals surface area contributed by atoms with Crippen LogP contribution in [0.2, 0.25) is 10.0 Å². The van der Waals surface area contributed by atoms with E-state index in [0.717, 1.165) is 11.3 Å². The Hall–Kier alpha value is -2.35. The number of benzene rings is 1. The molecule has 1 fully saturated rings. The van der Waals surface area contributed by atoms with Crippen molar-refractivity contribution in [2.45, 2.75) is 51.9 Å². The third-order valence-electron chi connectivity index (χ3n) is 6.35. The topological polar surface area (TPSA) is 99.8 Å². The molecule has 2 aliphatic heterocycles. The zero-order valence-corrected chi connectivity index (χ0v) is 18.9. The summed E-state index contributed by atoms with van der Waals surface area (Å²) in [6.07, 6.45) is 0.282.